The average Bonchev–Trinajstić information content (AvgIpc) is 3.07. The van der Waals surface area contributed by atoms with Gasteiger partial charge in [-0.05, 0) is 117 Å². The highest BCUT2D eigenvalue weighted by Crippen LogP contribution is 2.69. The zero-order valence-corrected chi connectivity index (χ0v) is 20.9. The number of hydrogen-bond acceptors (Lipinski definition) is 3. The highest BCUT2D eigenvalue weighted by molar-refractivity contribution is 5.12. The summed E-state index contributed by atoms with van der Waals surface area (Å²) in [5.74, 6) is 4.01. The third-order valence-electron chi connectivity index (χ3n) is 11.4. The molecule has 4 aliphatic rings. The van der Waals surface area contributed by atoms with Crippen LogP contribution in [0.4, 0.5) is 0 Å². The van der Waals surface area contributed by atoms with Gasteiger partial charge >= 0.3 is 0 Å². The minimum atomic E-state index is -0.620. The Morgan fingerprint density at radius 1 is 0.968 bits per heavy atom. The molecule has 0 heterocycles. The van der Waals surface area contributed by atoms with E-state index in [-0.39, 0.29) is 18.1 Å². The minimum absolute atomic E-state index is 0.129. The maximum atomic E-state index is 11.6. The quantitative estimate of drug-likeness (QED) is 0.495. The Kier molecular flexibility index (Phi) is 6.65. The van der Waals surface area contributed by atoms with Gasteiger partial charge in [0.1, 0.15) is 0 Å². The smallest absolute Gasteiger partial charge is 0.0653 e. The van der Waals surface area contributed by atoms with Crippen LogP contribution < -0.4 is 0 Å². The third-order valence-corrected chi connectivity index (χ3v) is 11.4. The van der Waals surface area contributed by atoms with Gasteiger partial charge in [-0.1, -0.05) is 40.5 Å². The summed E-state index contributed by atoms with van der Waals surface area (Å²) in [6.45, 7) is 11.8. The Hall–Kier alpha value is -0.120. The van der Waals surface area contributed by atoms with Crippen molar-refractivity contribution in [1.82, 2.24) is 0 Å². The largest absolute Gasteiger partial charge is 0.396 e. The molecule has 4 saturated carbocycles. The molecule has 0 aliphatic heterocycles. The van der Waals surface area contributed by atoms with Gasteiger partial charge in [0.2, 0.25) is 0 Å². The van der Waals surface area contributed by atoms with Gasteiger partial charge in [-0.25, -0.2) is 0 Å². The summed E-state index contributed by atoms with van der Waals surface area (Å²) in [6, 6.07) is 0. The molecule has 1 unspecified atom stereocenters. The van der Waals surface area contributed by atoms with Crippen molar-refractivity contribution >= 4 is 0 Å². The molecule has 0 radical (unpaired) electrons. The lowest BCUT2D eigenvalue weighted by atomic mass is 9.43. The van der Waals surface area contributed by atoms with Crippen LogP contribution in [0.15, 0.2) is 0 Å². The summed E-state index contributed by atoms with van der Waals surface area (Å²) in [5, 5.41) is 32.2. The Morgan fingerprint density at radius 3 is 2.35 bits per heavy atom. The second-order valence-corrected chi connectivity index (χ2v) is 13.4. The van der Waals surface area contributed by atoms with E-state index >= 15 is 0 Å². The molecule has 0 aromatic heterocycles. The molecule has 0 amide bonds. The summed E-state index contributed by atoms with van der Waals surface area (Å²) in [7, 11) is 0. The van der Waals surface area contributed by atoms with Crippen molar-refractivity contribution in [1.29, 1.82) is 0 Å². The summed E-state index contributed by atoms with van der Waals surface area (Å²) in [6.07, 6.45) is 12.5. The molecule has 4 aliphatic carbocycles. The van der Waals surface area contributed by atoms with E-state index in [1.807, 2.05) is 0 Å². The predicted molar refractivity (Wildman–Crippen MR) is 126 cm³/mol. The van der Waals surface area contributed by atoms with Crippen molar-refractivity contribution in [3.63, 3.8) is 0 Å². The number of aliphatic hydroxyl groups is 3. The molecule has 0 spiro atoms. The van der Waals surface area contributed by atoms with Crippen LogP contribution in [0.1, 0.15) is 105 Å². The molecule has 0 aromatic carbocycles. The van der Waals surface area contributed by atoms with Gasteiger partial charge in [-0.3, -0.25) is 0 Å². The van der Waals surface area contributed by atoms with E-state index in [1.54, 1.807) is 0 Å². The fourth-order valence-corrected chi connectivity index (χ4v) is 9.59. The zero-order valence-electron chi connectivity index (χ0n) is 20.9. The van der Waals surface area contributed by atoms with Crippen molar-refractivity contribution in [2.45, 2.75) is 117 Å². The standard InChI is InChI=1S/C28H50O3/c1-18-10-13-26(3)22-11-14-27(4)21(20(22)16-24(30)23(26)15-18)8-9-25(27)28(5,31)12-6-7-19(2)17-29/h18-25,29-31H,6-17H2,1-5H3/t18-,19?,20-,21-,22-,23+,24-,25-,26+,27-,28-/m0/s1. The number of rotatable bonds is 6. The van der Waals surface area contributed by atoms with Crippen molar-refractivity contribution < 1.29 is 15.3 Å². The first-order chi connectivity index (χ1) is 14.5. The second-order valence-electron chi connectivity index (χ2n) is 13.4. The van der Waals surface area contributed by atoms with E-state index in [9.17, 15) is 15.3 Å². The van der Waals surface area contributed by atoms with Gasteiger partial charge in [0.15, 0.2) is 0 Å². The fourth-order valence-electron chi connectivity index (χ4n) is 9.59. The van der Waals surface area contributed by atoms with Gasteiger partial charge in [0, 0.05) is 6.61 Å². The Morgan fingerprint density at radius 2 is 1.65 bits per heavy atom. The van der Waals surface area contributed by atoms with Crippen molar-refractivity contribution in [3.8, 4) is 0 Å². The highest BCUT2D eigenvalue weighted by atomic mass is 16.3. The highest BCUT2D eigenvalue weighted by Gasteiger charge is 2.63. The predicted octanol–water partition coefficient (Wildman–Crippen LogP) is 5.80. The van der Waals surface area contributed by atoms with E-state index in [0.29, 0.717) is 35.0 Å². The molecular weight excluding hydrogens is 384 g/mol. The molecule has 0 bridgehead atoms. The molecule has 11 atom stereocenters. The normalized spacial score (nSPS) is 50.1. The van der Waals surface area contributed by atoms with Gasteiger partial charge in [-0.2, -0.15) is 0 Å². The van der Waals surface area contributed by atoms with Crippen molar-refractivity contribution in [2.75, 3.05) is 6.61 Å². The van der Waals surface area contributed by atoms with Crippen LogP contribution in [0, 0.1) is 52.3 Å². The number of aliphatic hydroxyl groups excluding tert-OH is 2. The van der Waals surface area contributed by atoms with Gasteiger partial charge in [-0.15, -0.1) is 0 Å². The maximum Gasteiger partial charge on any atom is 0.0653 e. The van der Waals surface area contributed by atoms with Crippen LogP contribution in [0.5, 0.6) is 0 Å². The van der Waals surface area contributed by atoms with E-state index in [1.165, 1.54) is 38.5 Å². The van der Waals surface area contributed by atoms with Crippen LogP contribution in [-0.2, 0) is 0 Å². The van der Waals surface area contributed by atoms with Crippen LogP contribution in [0.2, 0.25) is 0 Å². The molecule has 4 rings (SSSR count). The molecule has 3 heteroatoms. The number of fused-ring (bicyclic) bond motifs is 5. The molecule has 180 valence electrons. The lowest BCUT2D eigenvalue weighted by molar-refractivity contribution is -0.173. The zero-order chi connectivity index (χ0) is 22.6. The minimum Gasteiger partial charge on any atom is -0.396 e. The van der Waals surface area contributed by atoms with Crippen LogP contribution >= 0.6 is 0 Å². The molecule has 4 fully saturated rings. The van der Waals surface area contributed by atoms with Crippen LogP contribution in [-0.4, -0.2) is 33.6 Å². The first-order valence-corrected chi connectivity index (χ1v) is 13.5. The van der Waals surface area contributed by atoms with Crippen LogP contribution in [0.3, 0.4) is 0 Å². The first kappa shape index (κ1) is 24.0. The van der Waals surface area contributed by atoms with Crippen LogP contribution in [0.25, 0.3) is 0 Å². The van der Waals surface area contributed by atoms with Gasteiger partial charge < -0.3 is 15.3 Å². The molecule has 3 nitrogen and oxygen atoms in total. The number of hydrogen-bond donors (Lipinski definition) is 3. The SMILES string of the molecule is CC(CO)CCC[C@](C)(O)[C@H]1CC[C@H]2[C@@H]3C[C@H](O)[C@H]4C[C@@H](C)CC[C@]4(C)[C@H]3CC[C@@]21C. The van der Waals surface area contributed by atoms with E-state index in [2.05, 4.69) is 34.6 Å². The molecule has 31 heavy (non-hydrogen) atoms. The fraction of sp³-hybridized carbons (Fsp3) is 1.00. The summed E-state index contributed by atoms with van der Waals surface area (Å²) in [5.41, 5.74) is -0.0964. The van der Waals surface area contributed by atoms with Gasteiger partial charge in [0.25, 0.3) is 0 Å². The monoisotopic (exact) mass is 434 g/mol. The third kappa shape index (κ3) is 4.03. The lowest BCUT2D eigenvalue weighted by Gasteiger charge is -2.62. The first-order valence-electron chi connectivity index (χ1n) is 13.5. The molecular formula is C28H50O3. The summed E-state index contributed by atoms with van der Waals surface area (Å²) < 4.78 is 0. The van der Waals surface area contributed by atoms with E-state index in [4.69, 9.17) is 0 Å². The molecule has 0 aromatic rings. The van der Waals surface area contributed by atoms with Gasteiger partial charge in [0.05, 0.1) is 11.7 Å². The Bertz CT molecular complexity index is 632. The van der Waals surface area contributed by atoms with Crippen molar-refractivity contribution in [2.24, 2.45) is 52.3 Å². The Balaban J connectivity index is 1.50. The second kappa shape index (κ2) is 8.58. The summed E-state index contributed by atoms with van der Waals surface area (Å²) >= 11 is 0. The summed E-state index contributed by atoms with van der Waals surface area (Å²) in [4.78, 5) is 0. The Labute approximate surface area is 191 Å². The topological polar surface area (TPSA) is 60.7 Å². The van der Waals surface area contributed by atoms with E-state index in [0.717, 1.165) is 43.9 Å². The maximum absolute atomic E-state index is 11.6. The molecule has 0 saturated heterocycles. The van der Waals surface area contributed by atoms with E-state index < -0.39 is 5.60 Å². The van der Waals surface area contributed by atoms with Crippen molar-refractivity contribution in [3.05, 3.63) is 0 Å². The lowest BCUT2D eigenvalue weighted by Crippen LogP contribution is -2.58. The average molecular weight is 435 g/mol. The molecule has 3 N–H and O–H groups in total.